The molecule has 0 saturated carbocycles. The topological polar surface area (TPSA) is 3.24 Å². The summed E-state index contributed by atoms with van der Waals surface area (Å²) in [6.45, 7) is 14.6. The first-order chi connectivity index (χ1) is 26.5. The molecule has 270 valence electrons. The second-order valence-corrected chi connectivity index (χ2v) is 18.7. The summed E-state index contributed by atoms with van der Waals surface area (Å²) in [5.74, 6) is 0. The second-order valence-electron chi connectivity index (χ2n) is 17.6. The van der Waals surface area contributed by atoms with E-state index in [4.69, 9.17) is 0 Å². The lowest BCUT2D eigenvalue weighted by Gasteiger charge is -2.42. The fourth-order valence-corrected chi connectivity index (χ4v) is 10.9. The Morgan fingerprint density at radius 2 is 1.09 bits per heavy atom. The Bertz CT molecular complexity index is 2780. The highest BCUT2D eigenvalue weighted by molar-refractivity contribution is 7.26. The van der Waals surface area contributed by atoms with Crippen LogP contribution < -0.4 is 4.90 Å². The van der Waals surface area contributed by atoms with E-state index in [9.17, 15) is 0 Å². The average Bonchev–Trinajstić information content (AvgIpc) is 3.69. The molecule has 0 bridgehead atoms. The summed E-state index contributed by atoms with van der Waals surface area (Å²) < 4.78 is 2.61. The highest BCUT2D eigenvalue weighted by atomic mass is 32.1. The maximum Gasteiger partial charge on any atom is 0.0640 e. The molecular formula is C53H47NS. The molecule has 0 spiro atoms. The van der Waals surface area contributed by atoms with Gasteiger partial charge in [0.15, 0.2) is 0 Å². The second kappa shape index (κ2) is 12.3. The van der Waals surface area contributed by atoms with Crippen molar-refractivity contribution in [3.8, 4) is 33.4 Å². The summed E-state index contributed by atoms with van der Waals surface area (Å²) in [4.78, 5) is 2.47. The third-order valence-electron chi connectivity index (χ3n) is 12.9. The first-order valence-corrected chi connectivity index (χ1v) is 20.6. The van der Waals surface area contributed by atoms with Crippen molar-refractivity contribution < 1.29 is 0 Å². The predicted molar refractivity (Wildman–Crippen MR) is 238 cm³/mol. The van der Waals surface area contributed by atoms with Crippen molar-refractivity contribution >= 4 is 48.6 Å². The summed E-state index contributed by atoms with van der Waals surface area (Å²) in [6, 6.07) is 56.8. The number of benzene rings is 7. The van der Waals surface area contributed by atoms with Crippen molar-refractivity contribution in [1.82, 2.24) is 0 Å². The summed E-state index contributed by atoms with van der Waals surface area (Å²) >= 11 is 1.88. The Morgan fingerprint density at radius 3 is 1.87 bits per heavy atom. The van der Waals surface area contributed by atoms with Gasteiger partial charge in [0, 0.05) is 32.3 Å². The molecule has 0 amide bonds. The molecule has 0 fully saturated rings. The lowest BCUT2D eigenvalue weighted by atomic mass is 9.62. The number of fused-ring (bicyclic) bond motifs is 7. The molecule has 0 aliphatic heterocycles. The van der Waals surface area contributed by atoms with Gasteiger partial charge in [0.05, 0.1) is 10.4 Å². The monoisotopic (exact) mass is 729 g/mol. The van der Waals surface area contributed by atoms with E-state index < -0.39 is 0 Å². The van der Waals surface area contributed by atoms with Gasteiger partial charge in [-0.15, -0.1) is 11.3 Å². The van der Waals surface area contributed by atoms with E-state index in [2.05, 4.69) is 198 Å². The maximum absolute atomic E-state index is 2.60. The van der Waals surface area contributed by atoms with Gasteiger partial charge in [-0.3, -0.25) is 0 Å². The molecule has 1 heterocycles. The van der Waals surface area contributed by atoms with Gasteiger partial charge in [0.1, 0.15) is 0 Å². The molecule has 0 atom stereocenters. The van der Waals surface area contributed by atoms with Crippen LogP contribution in [0.1, 0.15) is 76.6 Å². The van der Waals surface area contributed by atoms with E-state index >= 15 is 0 Å². The first-order valence-electron chi connectivity index (χ1n) is 19.8. The van der Waals surface area contributed by atoms with Crippen molar-refractivity contribution in [2.75, 3.05) is 4.90 Å². The van der Waals surface area contributed by atoms with E-state index in [0.717, 1.165) is 11.4 Å². The molecule has 0 saturated heterocycles. The minimum Gasteiger partial charge on any atom is -0.309 e. The lowest BCUT2D eigenvalue weighted by Crippen LogP contribution is -2.34. The van der Waals surface area contributed by atoms with Crippen molar-refractivity contribution in [2.45, 2.75) is 70.6 Å². The average molecular weight is 730 g/mol. The third-order valence-corrected chi connectivity index (χ3v) is 14.2. The lowest BCUT2D eigenvalue weighted by molar-refractivity contribution is 0.331. The molecule has 55 heavy (non-hydrogen) atoms. The van der Waals surface area contributed by atoms with Crippen LogP contribution >= 0.6 is 11.3 Å². The quantitative estimate of drug-likeness (QED) is 0.170. The van der Waals surface area contributed by atoms with E-state index in [1.807, 2.05) is 11.3 Å². The number of rotatable bonds is 5. The smallest absolute Gasteiger partial charge is 0.0640 e. The van der Waals surface area contributed by atoms with Gasteiger partial charge in [-0.1, -0.05) is 151 Å². The SMILES string of the molecule is CC1(C)CCC(C)(C)c2cc3c(cc21)-c1c(-c2cccc(N(c4ccc(-c5ccccc5)cc4)c4cccc5c4sc4ccccc45)c2)cccc1C3(C)C. The van der Waals surface area contributed by atoms with Crippen LogP contribution in [-0.4, -0.2) is 0 Å². The first kappa shape index (κ1) is 34.1. The van der Waals surface area contributed by atoms with Crippen LogP contribution in [0.5, 0.6) is 0 Å². The molecule has 2 aliphatic rings. The standard InChI is InChI=1S/C53H47NS/c1-51(2)29-30-52(3,4)46-33-44-42(32-45(46)51)49-39(20-13-22-43(49)53(44,5)6)36-17-12-18-38(31-36)54(37-27-25-35(26-28-37)34-15-8-7-9-16-34)47-23-14-21-41-40-19-10-11-24-48(40)55-50(41)47/h7-28,31-33H,29-30H2,1-6H3. The Morgan fingerprint density at radius 1 is 0.455 bits per heavy atom. The minimum absolute atomic E-state index is 0.0889. The normalized spacial score (nSPS) is 16.1. The molecule has 0 unspecified atom stereocenters. The van der Waals surface area contributed by atoms with Crippen LogP contribution in [0.4, 0.5) is 17.1 Å². The summed E-state index contributed by atoms with van der Waals surface area (Å²) in [5.41, 5.74) is 17.5. The highest BCUT2D eigenvalue weighted by Crippen LogP contribution is 2.57. The summed E-state index contributed by atoms with van der Waals surface area (Å²) in [6.07, 6.45) is 2.43. The predicted octanol–water partition coefficient (Wildman–Crippen LogP) is 15.5. The van der Waals surface area contributed by atoms with Crippen molar-refractivity contribution in [3.05, 3.63) is 174 Å². The van der Waals surface area contributed by atoms with E-state index in [1.54, 1.807) is 0 Å². The van der Waals surface area contributed by atoms with Crippen molar-refractivity contribution in [1.29, 1.82) is 0 Å². The van der Waals surface area contributed by atoms with E-state index in [0.29, 0.717) is 0 Å². The molecule has 0 N–H and O–H groups in total. The molecule has 1 nitrogen and oxygen atoms in total. The largest absolute Gasteiger partial charge is 0.309 e. The Labute approximate surface area is 329 Å². The van der Waals surface area contributed by atoms with Crippen LogP contribution in [0, 0.1) is 0 Å². The number of thiophene rings is 1. The molecule has 2 heteroatoms. The van der Waals surface area contributed by atoms with Gasteiger partial charge in [-0.25, -0.2) is 0 Å². The van der Waals surface area contributed by atoms with Gasteiger partial charge in [0.2, 0.25) is 0 Å². The third kappa shape index (κ3) is 5.33. The molecular weight excluding hydrogens is 683 g/mol. The van der Waals surface area contributed by atoms with Crippen molar-refractivity contribution in [2.24, 2.45) is 0 Å². The number of anilines is 3. The molecule has 2 aliphatic carbocycles. The van der Waals surface area contributed by atoms with E-state index in [-0.39, 0.29) is 16.2 Å². The van der Waals surface area contributed by atoms with Crippen LogP contribution in [0.3, 0.4) is 0 Å². The van der Waals surface area contributed by atoms with Crippen molar-refractivity contribution in [3.63, 3.8) is 0 Å². The summed E-state index contributed by atoms with van der Waals surface area (Å²) in [5, 5.41) is 2.61. The van der Waals surface area contributed by atoms with Crippen LogP contribution in [0.15, 0.2) is 152 Å². The van der Waals surface area contributed by atoms with Gasteiger partial charge in [-0.05, 0) is 122 Å². The Balaban J connectivity index is 1.16. The Kier molecular flexibility index (Phi) is 7.61. The molecule has 10 rings (SSSR count). The Hall–Kier alpha value is -5.44. The van der Waals surface area contributed by atoms with E-state index in [1.165, 1.54) is 94.3 Å². The fourth-order valence-electron chi connectivity index (χ4n) is 9.67. The van der Waals surface area contributed by atoms with Gasteiger partial charge in [0.25, 0.3) is 0 Å². The van der Waals surface area contributed by atoms with Gasteiger partial charge < -0.3 is 4.90 Å². The number of hydrogen-bond acceptors (Lipinski definition) is 2. The molecule has 7 aromatic carbocycles. The van der Waals surface area contributed by atoms with Crippen LogP contribution in [0.2, 0.25) is 0 Å². The highest BCUT2D eigenvalue weighted by Gasteiger charge is 2.43. The summed E-state index contributed by atoms with van der Waals surface area (Å²) in [7, 11) is 0. The van der Waals surface area contributed by atoms with Gasteiger partial charge in [-0.2, -0.15) is 0 Å². The number of hydrogen-bond donors (Lipinski definition) is 0. The number of nitrogens with zero attached hydrogens (tertiary/aromatic N) is 1. The molecule has 8 aromatic rings. The zero-order valence-electron chi connectivity index (χ0n) is 32.7. The van der Waals surface area contributed by atoms with Crippen LogP contribution in [-0.2, 0) is 16.2 Å². The fraction of sp³-hybridized carbons (Fsp3) is 0.208. The van der Waals surface area contributed by atoms with Gasteiger partial charge >= 0.3 is 0 Å². The zero-order valence-corrected chi connectivity index (χ0v) is 33.5. The molecule has 0 radical (unpaired) electrons. The van der Waals surface area contributed by atoms with Crippen LogP contribution in [0.25, 0.3) is 53.6 Å². The zero-order chi connectivity index (χ0) is 37.7. The minimum atomic E-state index is -0.0889. The molecule has 1 aromatic heterocycles. The maximum atomic E-state index is 2.60.